The highest BCUT2D eigenvalue weighted by Crippen LogP contribution is 2.22. The second kappa shape index (κ2) is 8.48. The number of carbonyl (C=O) groups is 2. The van der Waals surface area contributed by atoms with Gasteiger partial charge in [-0.1, -0.05) is 18.2 Å². The fourth-order valence-electron chi connectivity index (χ4n) is 3.73. The number of hydrogen-bond acceptors (Lipinski definition) is 3. The van der Waals surface area contributed by atoms with Crippen LogP contribution in [0.1, 0.15) is 55.8 Å². The highest BCUT2D eigenvalue weighted by molar-refractivity contribution is 5.94. The molecule has 1 aromatic carbocycles. The molecule has 2 fully saturated rings. The lowest BCUT2D eigenvalue weighted by Crippen LogP contribution is -2.49. The van der Waals surface area contributed by atoms with E-state index in [9.17, 15) is 9.59 Å². The molecular weight excluding hydrogens is 316 g/mol. The van der Waals surface area contributed by atoms with Crippen LogP contribution in [0.15, 0.2) is 30.3 Å². The van der Waals surface area contributed by atoms with Crippen LogP contribution in [-0.2, 0) is 9.53 Å². The highest BCUT2D eigenvalue weighted by Gasteiger charge is 2.26. The van der Waals surface area contributed by atoms with Crippen molar-refractivity contribution in [3.8, 4) is 0 Å². The second-order valence-electron chi connectivity index (χ2n) is 7.21. The molecule has 0 unspecified atom stereocenters. The van der Waals surface area contributed by atoms with Gasteiger partial charge in [0.25, 0.3) is 5.91 Å². The van der Waals surface area contributed by atoms with E-state index in [1.54, 1.807) is 0 Å². The van der Waals surface area contributed by atoms with E-state index in [-0.39, 0.29) is 24.0 Å². The van der Waals surface area contributed by atoms with Crippen LogP contribution < -0.4 is 5.32 Å². The molecule has 3 atom stereocenters. The minimum atomic E-state index is 0.0490. The van der Waals surface area contributed by atoms with Crippen molar-refractivity contribution in [2.75, 3.05) is 13.1 Å². The summed E-state index contributed by atoms with van der Waals surface area (Å²) in [6, 6.07) is 9.40. The smallest absolute Gasteiger partial charge is 0.253 e. The third kappa shape index (κ3) is 5.05. The number of ether oxygens (including phenoxy) is 1. The average Bonchev–Trinajstić information content (AvgIpc) is 3.06. The predicted molar refractivity (Wildman–Crippen MR) is 96.3 cm³/mol. The summed E-state index contributed by atoms with van der Waals surface area (Å²) in [5.74, 6) is 0.120. The number of benzene rings is 1. The van der Waals surface area contributed by atoms with E-state index < -0.39 is 0 Å². The molecule has 3 rings (SSSR count). The molecule has 2 aliphatic heterocycles. The topological polar surface area (TPSA) is 58.6 Å². The van der Waals surface area contributed by atoms with Crippen LogP contribution in [-0.4, -0.2) is 48.1 Å². The molecule has 1 N–H and O–H groups in total. The first-order chi connectivity index (χ1) is 12.1. The first kappa shape index (κ1) is 17.9. The molecule has 0 aliphatic carbocycles. The summed E-state index contributed by atoms with van der Waals surface area (Å²) in [5, 5.41) is 3.10. The van der Waals surface area contributed by atoms with Gasteiger partial charge in [0.05, 0.1) is 12.2 Å². The van der Waals surface area contributed by atoms with Gasteiger partial charge in [-0.25, -0.2) is 0 Å². The summed E-state index contributed by atoms with van der Waals surface area (Å²) >= 11 is 0. The Hall–Kier alpha value is -1.88. The van der Waals surface area contributed by atoms with Crippen molar-refractivity contribution < 1.29 is 14.3 Å². The minimum absolute atomic E-state index is 0.0490. The summed E-state index contributed by atoms with van der Waals surface area (Å²) in [5.41, 5.74) is 0.710. The maximum absolute atomic E-state index is 12.6. The van der Waals surface area contributed by atoms with Crippen molar-refractivity contribution in [3.05, 3.63) is 35.9 Å². The molecule has 0 aromatic heterocycles. The van der Waals surface area contributed by atoms with Crippen LogP contribution in [0.3, 0.4) is 0 Å². The number of likely N-dealkylation sites (tertiary alicyclic amines) is 1. The quantitative estimate of drug-likeness (QED) is 0.893. The summed E-state index contributed by atoms with van der Waals surface area (Å²) in [4.78, 5) is 26.6. The Morgan fingerprint density at radius 1 is 1.20 bits per heavy atom. The van der Waals surface area contributed by atoms with Gasteiger partial charge < -0.3 is 15.0 Å². The Bertz CT molecular complexity index is 590. The maximum atomic E-state index is 12.6. The number of hydrogen-bond donors (Lipinski definition) is 1. The zero-order chi connectivity index (χ0) is 17.6. The van der Waals surface area contributed by atoms with Crippen LogP contribution in [0, 0.1) is 0 Å². The molecule has 5 heteroatoms. The molecule has 2 saturated heterocycles. The summed E-state index contributed by atoms with van der Waals surface area (Å²) in [6.45, 7) is 3.44. The van der Waals surface area contributed by atoms with Gasteiger partial charge in [-0.05, 0) is 51.2 Å². The normalized spacial score (nSPS) is 26.4. The molecule has 25 heavy (non-hydrogen) atoms. The van der Waals surface area contributed by atoms with E-state index in [1.165, 1.54) is 0 Å². The zero-order valence-electron chi connectivity index (χ0n) is 14.9. The third-order valence-electron chi connectivity index (χ3n) is 5.11. The Balaban J connectivity index is 1.45. The molecule has 1 aromatic rings. The van der Waals surface area contributed by atoms with Crippen molar-refractivity contribution in [3.63, 3.8) is 0 Å². The number of amides is 2. The van der Waals surface area contributed by atoms with Gasteiger partial charge in [-0.15, -0.1) is 0 Å². The summed E-state index contributed by atoms with van der Waals surface area (Å²) in [7, 11) is 0. The standard InChI is InChI=1S/C20H28N2O3/c1-15-9-10-18(25-15)11-12-19(23)21-17-8-5-13-22(14-17)20(24)16-6-3-2-4-7-16/h2-4,6-7,15,17-18H,5,8-14H2,1H3,(H,21,23)/t15-,17-,18+/m1/s1. The average molecular weight is 344 g/mol. The monoisotopic (exact) mass is 344 g/mol. The Morgan fingerprint density at radius 3 is 2.72 bits per heavy atom. The first-order valence-electron chi connectivity index (χ1n) is 9.41. The Kier molecular flexibility index (Phi) is 6.08. The maximum Gasteiger partial charge on any atom is 0.253 e. The van der Waals surface area contributed by atoms with Gasteiger partial charge in [-0.2, -0.15) is 0 Å². The van der Waals surface area contributed by atoms with E-state index in [1.807, 2.05) is 35.2 Å². The van der Waals surface area contributed by atoms with Crippen molar-refractivity contribution in [1.29, 1.82) is 0 Å². The lowest BCUT2D eigenvalue weighted by molar-refractivity contribution is -0.122. The minimum Gasteiger partial charge on any atom is -0.375 e. The summed E-state index contributed by atoms with van der Waals surface area (Å²) in [6.07, 6.45) is 5.83. The van der Waals surface area contributed by atoms with Crippen LogP contribution in [0.2, 0.25) is 0 Å². The van der Waals surface area contributed by atoms with Gasteiger partial charge >= 0.3 is 0 Å². The van der Waals surface area contributed by atoms with Gasteiger partial charge in [-0.3, -0.25) is 9.59 Å². The van der Waals surface area contributed by atoms with Crippen LogP contribution >= 0.6 is 0 Å². The molecule has 0 saturated carbocycles. The number of piperidine rings is 1. The van der Waals surface area contributed by atoms with Crippen LogP contribution in [0.25, 0.3) is 0 Å². The third-order valence-corrected chi connectivity index (χ3v) is 5.11. The van der Waals surface area contributed by atoms with Gasteiger partial charge in [0.1, 0.15) is 0 Å². The van der Waals surface area contributed by atoms with E-state index in [4.69, 9.17) is 4.74 Å². The molecule has 2 amide bonds. The summed E-state index contributed by atoms with van der Waals surface area (Å²) < 4.78 is 5.77. The fourth-order valence-corrected chi connectivity index (χ4v) is 3.73. The van der Waals surface area contributed by atoms with E-state index in [2.05, 4.69) is 12.2 Å². The molecule has 2 heterocycles. The van der Waals surface area contributed by atoms with Crippen LogP contribution in [0.5, 0.6) is 0 Å². The van der Waals surface area contributed by atoms with Gasteiger partial charge in [0, 0.05) is 31.1 Å². The lowest BCUT2D eigenvalue weighted by Gasteiger charge is -2.33. The Labute approximate surface area is 149 Å². The Morgan fingerprint density at radius 2 is 2.00 bits per heavy atom. The van der Waals surface area contributed by atoms with E-state index in [0.29, 0.717) is 24.6 Å². The number of nitrogens with one attached hydrogen (secondary N) is 1. The van der Waals surface area contributed by atoms with Gasteiger partial charge in [0.15, 0.2) is 0 Å². The molecule has 5 nitrogen and oxygen atoms in total. The highest BCUT2D eigenvalue weighted by atomic mass is 16.5. The second-order valence-corrected chi connectivity index (χ2v) is 7.21. The SMILES string of the molecule is C[C@@H]1CC[C@@H](CCC(=O)N[C@@H]2CCCN(C(=O)c3ccccc3)C2)O1. The lowest BCUT2D eigenvalue weighted by atomic mass is 10.0. The molecule has 2 aliphatic rings. The number of rotatable bonds is 5. The molecular formula is C20H28N2O3. The molecule has 136 valence electrons. The van der Waals surface area contributed by atoms with Crippen molar-refractivity contribution in [2.45, 2.75) is 63.7 Å². The molecule has 0 radical (unpaired) electrons. The van der Waals surface area contributed by atoms with Crippen molar-refractivity contribution in [1.82, 2.24) is 10.2 Å². The number of nitrogens with zero attached hydrogens (tertiary/aromatic N) is 1. The molecule has 0 spiro atoms. The van der Waals surface area contributed by atoms with Crippen molar-refractivity contribution >= 4 is 11.8 Å². The van der Waals surface area contributed by atoms with E-state index >= 15 is 0 Å². The van der Waals surface area contributed by atoms with Gasteiger partial charge in [0.2, 0.25) is 5.91 Å². The molecule has 0 bridgehead atoms. The van der Waals surface area contributed by atoms with Crippen LogP contribution in [0.4, 0.5) is 0 Å². The number of carbonyl (C=O) groups excluding carboxylic acids is 2. The zero-order valence-corrected chi connectivity index (χ0v) is 14.9. The van der Waals surface area contributed by atoms with Crippen molar-refractivity contribution in [2.24, 2.45) is 0 Å². The largest absolute Gasteiger partial charge is 0.375 e. The first-order valence-corrected chi connectivity index (χ1v) is 9.41. The predicted octanol–water partition coefficient (Wildman–Crippen LogP) is 2.76. The van der Waals surface area contributed by atoms with E-state index in [0.717, 1.165) is 38.6 Å². The fraction of sp³-hybridized carbons (Fsp3) is 0.600.